The summed E-state index contributed by atoms with van der Waals surface area (Å²) in [4.78, 5) is 0. The number of hydrogen-bond acceptors (Lipinski definition) is 2. The lowest BCUT2D eigenvalue weighted by molar-refractivity contribution is 0.706. The van der Waals surface area contributed by atoms with Crippen molar-refractivity contribution in [2.24, 2.45) is 5.92 Å². The summed E-state index contributed by atoms with van der Waals surface area (Å²) < 4.78 is 0. The van der Waals surface area contributed by atoms with Gasteiger partial charge in [0.25, 0.3) is 0 Å². The Labute approximate surface area is 78.8 Å². The van der Waals surface area contributed by atoms with Crippen LogP contribution in [0, 0.1) is 28.6 Å². The van der Waals surface area contributed by atoms with Crippen LogP contribution in [-0.4, -0.2) is 0 Å². The fourth-order valence-electron chi connectivity index (χ4n) is 1.41. The van der Waals surface area contributed by atoms with Crippen LogP contribution in [0.15, 0.2) is 23.3 Å². The highest BCUT2D eigenvalue weighted by atomic mass is 14.3. The van der Waals surface area contributed by atoms with Gasteiger partial charge in [-0.2, -0.15) is 10.5 Å². The molecule has 0 amide bonds. The highest BCUT2D eigenvalue weighted by molar-refractivity contribution is 5.36. The van der Waals surface area contributed by atoms with E-state index in [1.54, 1.807) is 0 Å². The fourth-order valence-corrected chi connectivity index (χ4v) is 1.41. The zero-order valence-corrected chi connectivity index (χ0v) is 7.75. The van der Waals surface area contributed by atoms with Gasteiger partial charge >= 0.3 is 0 Å². The maximum Gasteiger partial charge on any atom is 0.0947 e. The number of hydrogen-bond donors (Lipinski definition) is 0. The summed E-state index contributed by atoms with van der Waals surface area (Å²) in [6, 6.07) is 4.31. The predicted octanol–water partition coefficient (Wildman–Crippen LogP) is 2.71. The molecule has 0 bridgehead atoms. The lowest BCUT2D eigenvalue weighted by Gasteiger charge is -2.13. The molecule has 1 aliphatic rings. The third-order valence-electron chi connectivity index (χ3n) is 2.24. The zero-order valence-electron chi connectivity index (χ0n) is 7.75. The maximum absolute atomic E-state index is 8.71. The van der Waals surface area contributed by atoms with Crippen molar-refractivity contribution in [2.75, 3.05) is 0 Å². The molecule has 0 saturated carbocycles. The Morgan fingerprint density at radius 2 is 2.31 bits per heavy atom. The van der Waals surface area contributed by atoms with E-state index in [0.717, 1.165) is 24.0 Å². The summed E-state index contributed by atoms with van der Waals surface area (Å²) in [5.74, 6) is 0.258. The quantitative estimate of drug-likeness (QED) is 0.643. The van der Waals surface area contributed by atoms with Crippen molar-refractivity contribution in [2.45, 2.75) is 26.2 Å². The van der Waals surface area contributed by atoms with E-state index in [1.807, 2.05) is 13.0 Å². The monoisotopic (exact) mass is 172 g/mol. The van der Waals surface area contributed by atoms with E-state index < -0.39 is 0 Å². The average Bonchev–Trinajstić information content (AvgIpc) is 2.18. The van der Waals surface area contributed by atoms with E-state index >= 15 is 0 Å². The van der Waals surface area contributed by atoms with Crippen LogP contribution in [0.5, 0.6) is 0 Å². The first kappa shape index (κ1) is 9.55. The van der Waals surface area contributed by atoms with Crippen LogP contribution in [0.4, 0.5) is 0 Å². The van der Waals surface area contributed by atoms with Gasteiger partial charge in [0.2, 0.25) is 0 Å². The third kappa shape index (κ3) is 2.46. The van der Waals surface area contributed by atoms with Crippen molar-refractivity contribution in [1.29, 1.82) is 10.5 Å². The summed E-state index contributed by atoms with van der Waals surface area (Å²) >= 11 is 0. The second kappa shape index (κ2) is 4.48. The second-order valence-electron chi connectivity index (χ2n) is 3.29. The molecular weight excluding hydrogens is 160 g/mol. The average molecular weight is 172 g/mol. The molecule has 0 saturated heterocycles. The second-order valence-corrected chi connectivity index (χ2v) is 3.29. The number of nitriles is 2. The molecule has 0 aromatic carbocycles. The van der Waals surface area contributed by atoms with E-state index in [0.29, 0.717) is 6.42 Å². The van der Waals surface area contributed by atoms with E-state index in [9.17, 15) is 0 Å². The van der Waals surface area contributed by atoms with Crippen molar-refractivity contribution in [3.05, 3.63) is 23.3 Å². The van der Waals surface area contributed by atoms with E-state index in [2.05, 4.69) is 18.2 Å². The Morgan fingerprint density at radius 1 is 1.54 bits per heavy atom. The van der Waals surface area contributed by atoms with Crippen molar-refractivity contribution in [3.8, 4) is 12.1 Å². The van der Waals surface area contributed by atoms with Gasteiger partial charge in [0.1, 0.15) is 0 Å². The molecule has 13 heavy (non-hydrogen) atoms. The van der Waals surface area contributed by atoms with Crippen molar-refractivity contribution in [1.82, 2.24) is 0 Å². The van der Waals surface area contributed by atoms with E-state index in [1.165, 1.54) is 0 Å². The molecule has 0 aliphatic heterocycles. The van der Waals surface area contributed by atoms with E-state index in [4.69, 9.17) is 10.5 Å². The summed E-state index contributed by atoms with van der Waals surface area (Å²) in [5, 5.41) is 17.2. The molecule has 2 heteroatoms. The zero-order chi connectivity index (χ0) is 9.68. The fraction of sp³-hybridized carbons (Fsp3) is 0.455. The molecule has 1 rings (SSSR count). The molecule has 0 aromatic heterocycles. The molecule has 66 valence electrons. The molecule has 2 nitrogen and oxygen atoms in total. The molecule has 0 unspecified atom stereocenters. The standard InChI is InChI=1S/C11H12N2/c1-9(5-6-12)11-4-2-3-10(7-11)8-13/h4,7,9H,2-3,5H2,1H3/t9-/m1/s1. The summed E-state index contributed by atoms with van der Waals surface area (Å²) in [6.07, 6.45) is 6.36. The number of nitrogens with zero attached hydrogens (tertiary/aromatic N) is 2. The molecule has 0 aromatic rings. The largest absolute Gasteiger partial charge is 0.198 e. The van der Waals surface area contributed by atoms with Crippen LogP contribution < -0.4 is 0 Å². The molecule has 0 fully saturated rings. The Bertz CT molecular complexity index is 323. The van der Waals surface area contributed by atoms with Crippen LogP contribution in [-0.2, 0) is 0 Å². The first-order valence-corrected chi connectivity index (χ1v) is 4.45. The molecule has 0 N–H and O–H groups in total. The van der Waals surface area contributed by atoms with Gasteiger partial charge in [-0.3, -0.25) is 0 Å². The minimum Gasteiger partial charge on any atom is -0.198 e. The van der Waals surface area contributed by atoms with Crippen LogP contribution >= 0.6 is 0 Å². The molecule has 1 aliphatic carbocycles. The topological polar surface area (TPSA) is 47.6 Å². The van der Waals surface area contributed by atoms with Crippen LogP contribution in [0.1, 0.15) is 26.2 Å². The number of allylic oxidation sites excluding steroid dienone is 4. The molecular formula is C11H12N2. The third-order valence-corrected chi connectivity index (χ3v) is 2.24. The van der Waals surface area contributed by atoms with Crippen molar-refractivity contribution in [3.63, 3.8) is 0 Å². The Kier molecular flexibility index (Phi) is 3.29. The van der Waals surface area contributed by atoms with Gasteiger partial charge in [0.05, 0.1) is 12.1 Å². The highest BCUT2D eigenvalue weighted by Crippen LogP contribution is 2.24. The lowest BCUT2D eigenvalue weighted by Crippen LogP contribution is -2.00. The van der Waals surface area contributed by atoms with Gasteiger partial charge in [0, 0.05) is 12.0 Å². The van der Waals surface area contributed by atoms with Crippen molar-refractivity contribution >= 4 is 0 Å². The van der Waals surface area contributed by atoms with Crippen LogP contribution in [0.2, 0.25) is 0 Å². The highest BCUT2D eigenvalue weighted by Gasteiger charge is 2.10. The SMILES string of the molecule is C[C@H](CC#N)C1=CCCC(C#N)=C1. The van der Waals surface area contributed by atoms with Gasteiger partial charge in [-0.15, -0.1) is 0 Å². The molecule has 0 radical (unpaired) electrons. The van der Waals surface area contributed by atoms with Gasteiger partial charge in [-0.05, 0) is 30.4 Å². The predicted molar refractivity (Wildman–Crippen MR) is 50.4 cm³/mol. The summed E-state index contributed by atoms with van der Waals surface area (Å²) in [5.41, 5.74) is 1.98. The summed E-state index contributed by atoms with van der Waals surface area (Å²) in [6.45, 7) is 2.02. The van der Waals surface area contributed by atoms with Gasteiger partial charge in [0.15, 0.2) is 0 Å². The van der Waals surface area contributed by atoms with Crippen LogP contribution in [0.25, 0.3) is 0 Å². The lowest BCUT2D eigenvalue weighted by atomic mass is 9.90. The maximum atomic E-state index is 8.71. The summed E-state index contributed by atoms with van der Waals surface area (Å²) in [7, 11) is 0. The normalized spacial score (nSPS) is 17.8. The molecule has 1 atom stereocenters. The smallest absolute Gasteiger partial charge is 0.0947 e. The first-order valence-electron chi connectivity index (χ1n) is 4.45. The van der Waals surface area contributed by atoms with Gasteiger partial charge in [-0.25, -0.2) is 0 Å². The number of rotatable bonds is 2. The minimum absolute atomic E-state index is 0.258. The Hall–Kier alpha value is -1.54. The first-order chi connectivity index (χ1) is 6.27. The van der Waals surface area contributed by atoms with Crippen LogP contribution in [0.3, 0.4) is 0 Å². The minimum atomic E-state index is 0.258. The van der Waals surface area contributed by atoms with Gasteiger partial charge < -0.3 is 0 Å². The van der Waals surface area contributed by atoms with Gasteiger partial charge in [-0.1, -0.05) is 13.0 Å². The Balaban J connectivity index is 2.73. The Morgan fingerprint density at radius 3 is 2.92 bits per heavy atom. The molecule has 0 heterocycles. The molecule has 0 spiro atoms. The van der Waals surface area contributed by atoms with E-state index in [-0.39, 0.29) is 5.92 Å². The van der Waals surface area contributed by atoms with Crippen molar-refractivity contribution < 1.29 is 0 Å².